The van der Waals surface area contributed by atoms with Crippen molar-refractivity contribution in [1.82, 2.24) is 4.90 Å². The molecule has 8 heteroatoms. The van der Waals surface area contributed by atoms with Crippen LogP contribution >= 0.6 is 0 Å². The lowest BCUT2D eigenvalue weighted by Gasteiger charge is -2.33. The van der Waals surface area contributed by atoms with Gasteiger partial charge in [0.25, 0.3) is 0 Å². The molecule has 1 aromatic rings. The number of benzene rings is 1. The molecule has 7 nitrogen and oxygen atoms in total. The molecule has 0 aliphatic carbocycles. The van der Waals surface area contributed by atoms with Crippen LogP contribution in [0.5, 0.6) is 0 Å². The first-order chi connectivity index (χ1) is 11.7. The van der Waals surface area contributed by atoms with Crippen LogP contribution in [0, 0.1) is 21.8 Å². The molecule has 0 aromatic heterocycles. The molecule has 1 fully saturated rings. The monoisotopic (exact) mass is 353 g/mol. The minimum atomic E-state index is -0.852. The molecular formula is C17H24FN3O4. The highest BCUT2D eigenvalue weighted by Gasteiger charge is 2.27. The van der Waals surface area contributed by atoms with Crippen LogP contribution in [0.25, 0.3) is 0 Å². The van der Waals surface area contributed by atoms with Gasteiger partial charge in [-0.1, -0.05) is 6.07 Å². The predicted octanol–water partition coefficient (Wildman–Crippen LogP) is 3.79. The van der Waals surface area contributed by atoms with Crippen LogP contribution in [0.3, 0.4) is 0 Å². The molecule has 1 aromatic carbocycles. The molecule has 0 radical (unpaired) electrons. The van der Waals surface area contributed by atoms with E-state index in [1.807, 2.05) is 20.8 Å². The fourth-order valence-corrected chi connectivity index (χ4v) is 2.74. The number of amides is 1. The van der Waals surface area contributed by atoms with Crippen LogP contribution in [0.1, 0.15) is 33.6 Å². The lowest BCUT2D eigenvalue weighted by Crippen LogP contribution is -2.42. The number of nitrogens with one attached hydrogen (secondary N) is 1. The molecule has 1 N–H and O–H groups in total. The first kappa shape index (κ1) is 19.0. The molecule has 0 saturated carbocycles. The second-order valence-corrected chi connectivity index (χ2v) is 7.18. The quantitative estimate of drug-likeness (QED) is 0.657. The van der Waals surface area contributed by atoms with E-state index >= 15 is 0 Å². The van der Waals surface area contributed by atoms with Gasteiger partial charge in [-0.15, -0.1) is 0 Å². The van der Waals surface area contributed by atoms with E-state index < -0.39 is 22.0 Å². The molecule has 1 aliphatic heterocycles. The average Bonchev–Trinajstić information content (AvgIpc) is 2.51. The first-order valence-electron chi connectivity index (χ1n) is 8.32. The Balaban J connectivity index is 1.86. The van der Waals surface area contributed by atoms with E-state index in [0.717, 1.165) is 18.9 Å². The zero-order valence-corrected chi connectivity index (χ0v) is 14.8. The van der Waals surface area contributed by atoms with Crippen LogP contribution in [0.4, 0.5) is 20.6 Å². The third kappa shape index (κ3) is 5.30. The number of likely N-dealkylation sites (tertiary alicyclic amines) is 1. The van der Waals surface area contributed by atoms with Crippen LogP contribution in [0.15, 0.2) is 18.2 Å². The molecule has 0 bridgehead atoms. The Morgan fingerprint density at radius 3 is 2.60 bits per heavy atom. The smallest absolute Gasteiger partial charge is 0.410 e. The van der Waals surface area contributed by atoms with E-state index in [2.05, 4.69) is 5.32 Å². The lowest BCUT2D eigenvalue weighted by atomic mass is 9.97. The van der Waals surface area contributed by atoms with Gasteiger partial charge in [-0.2, -0.15) is 4.39 Å². The standard InChI is InChI=1S/C17H24FN3O4/c1-17(2,3)25-16(22)20-9-7-12(8-10-20)11-19-14-6-4-5-13(18)15(14)21(23)24/h4-6,12,19H,7-11H2,1-3H3. The molecule has 1 aliphatic rings. The Morgan fingerprint density at radius 1 is 1.40 bits per heavy atom. The maximum atomic E-state index is 13.6. The van der Waals surface area contributed by atoms with Gasteiger partial charge in [0.15, 0.2) is 0 Å². The first-order valence-corrected chi connectivity index (χ1v) is 8.32. The number of para-hydroxylation sites is 1. The van der Waals surface area contributed by atoms with Gasteiger partial charge in [0.05, 0.1) is 4.92 Å². The number of ether oxygens (including phenoxy) is 1. The number of anilines is 1. The number of nitrogens with zero attached hydrogens (tertiary/aromatic N) is 2. The summed E-state index contributed by atoms with van der Waals surface area (Å²) in [6.45, 7) is 7.12. The summed E-state index contributed by atoms with van der Waals surface area (Å²) in [6, 6.07) is 4.01. The maximum Gasteiger partial charge on any atom is 0.410 e. The second kappa shape index (κ2) is 7.67. The number of rotatable bonds is 4. The van der Waals surface area contributed by atoms with Gasteiger partial charge in [-0.25, -0.2) is 4.79 Å². The summed E-state index contributed by atoms with van der Waals surface area (Å²) >= 11 is 0. The van der Waals surface area contributed by atoms with Crippen molar-refractivity contribution in [3.8, 4) is 0 Å². The molecule has 25 heavy (non-hydrogen) atoms. The summed E-state index contributed by atoms with van der Waals surface area (Å²) in [5, 5.41) is 14.0. The molecule has 2 rings (SSSR count). The fourth-order valence-electron chi connectivity index (χ4n) is 2.74. The van der Waals surface area contributed by atoms with E-state index in [0.29, 0.717) is 19.6 Å². The Labute approximate surface area is 146 Å². The fraction of sp³-hybridized carbons (Fsp3) is 0.588. The summed E-state index contributed by atoms with van der Waals surface area (Å²) in [5.41, 5.74) is -0.875. The number of carbonyl (C=O) groups excluding carboxylic acids is 1. The van der Waals surface area contributed by atoms with E-state index in [1.165, 1.54) is 12.1 Å². The van der Waals surface area contributed by atoms with Gasteiger partial charge in [0.2, 0.25) is 5.82 Å². The Morgan fingerprint density at radius 2 is 2.04 bits per heavy atom. The van der Waals surface area contributed by atoms with E-state index in [4.69, 9.17) is 4.74 Å². The molecule has 0 spiro atoms. The topological polar surface area (TPSA) is 84.7 Å². The highest BCUT2D eigenvalue weighted by Crippen LogP contribution is 2.28. The summed E-state index contributed by atoms with van der Waals surface area (Å²) in [6.07, 6.45) is 1.20. The van der Waals surface area contributed by atoms with Crippen molar-refractivity contribution in [3.63, 3.8) is 0 Å². The van der Waals surface area contributed by atoms with Crippen molar-refractivity contribution >= 4 is 17.5 Å². The highest BCUT2D eigenvalue weighted by atomic mass is 19.1. The molecular weight excluding hydrogens is 329 g/mol. The maximum absolute atomic E-state index is 13.6. The number of nitro groups is 1. The van der Waals surface area contributed by atoms with Crippen molar-refractivity contribution in [2.24, 2.45) is 5.92 Å². The van der Waals surface area contributed by atoms with Crippen molar-refractivity contribution in [3.05, 3.63) is 34.1 Å². The van der Waals surface area contributed by atoms with E-state index in [-0.39, 0.29) is 17.7 Å². The van der Waals surface area contributed by atoms with Crippen LogP contribution < -0.4 is 5.32 Å². The number of hydrogen-bond donors (Lipinski definition) is 1. The predicted molar refractivity (Wildman–Crippen MR) is 92.1 cm³/mol. The number of carbonyl (C=O) groups is 1. The zero-order chi connectivity index (χ0) is 18.6. The molecule has 1 heterocycles. The molecule has 138 valence electrons. The number of halogens is 1. The number of nitro benzene ring substituents is 1. The number of piperidine rings is 1. The van der Waals surface area contributed by atoms with E-state index in [9.17, 15) is 19.3 Å². The Kier molecular flexibility index (Phi) is 5.81. The SMILES string of the molecule is CC(C)(C)OC(=O)N1CCC(CNc2cccc(F)c2[N+](=O)[O-])CC1. The second-order valence-electron chi connectivity index (χ2n) is 7.18. The van der Waals surface area contributed by atoms with Gasteiger partial charge in [0, 0.05) is 19.6 Å². The van der Waals surface area contributed by atoms with Crippen LogP contribution in [-0.4, -0.2) is 41.2 Å². The summed E-state index contributed by atoms with van der Waals surface area (Å²) in [4.78, 5) is 24.0. The van der Waals surface area contributed by atoms with Crippen LogP contribution in [-0.2, 0) is 4.74 Å². The van der Waals surface area contributed by atoms with Gasteiger partial charge >= 0.3 is 11.8 Å². The van der Waals surface area contributed by atoms with Crippen molar-refractivity contribution < 1.29 is 18.8 Å². The van der Waals surface area contributed by atoms with Gasteiger partial charge in [-0.05, 0) is 51.7 Å². The normalized spacial score (nSPS) is 15.8. The van der Waals surface area contributed by atoms with Crippen molar-refractivity contribution in [2.45, 2.75) is 39.2 Å². The van der Waals surface area contributed by atoms with Crippen LogP contribution in [0.2, 0.25) is 0 Å². The Bertz CT molecular complexity index is 637. The molecule has 1 saturated heterocycles. The third-order valence-electron chi connectivity index (χ3n) is 4.02. The number of hydrogen-bond acceptors (Lipinski definition) is 5. The van der Waals surface area contributed by atoms with Crippen molar-refractivity contribution in [1.29, 1.82) is 0 Å². The van der Waals surface area contributed by atoms with Gasteiger partial charge < -0.3 is 15.0 Å². The minimum absolute atomic E-state index is 0.180. The van der Waals surface area contributed by atoms with Gasteiger partial charge in [-0.3, -0.25) is 10.1 Å². The van der Waals surface area contributed by atoms with E-state index in [1.54, 1.807) is 4.90 Å². The minimum Gasteiger partial charge on any atom is -0.444 e. The highest BCUT2D eigenvalue weighted by molar-refractivity contribution is 5.68. The molecule has 1 amide bonds. The van der Waals surface area contributed by atoms with Gasteiger partial charge in [0.1, 0.15) is 11.3 Å². The Hall–Kier alpha value is -2.38. The van der Waals surface area contributed by atoms with Crippen molar-refractivity contribution in [2.75, 3.05) is 25.0 Å². The summed E-state index contributed by atoms with van der Waals surface area (Å²) in [5.74, 6) is -0.601. The molecule has 0 atom stereocenters. The zero-order valence-electron chi connectivity index (χ0n) is 14.8. The molecule has 0 unspecified atom stereocenters. The average molecular weight is 353 g/mol. The largest absolute Gasteiger partial charge is 0.444 e. The lowest BCUT2D eigenvalue weighted by molar-refractivity contribution is -0.386. The summed E-state index contributed by atoms with van der Waals surface area (Å²) < 4.78 is 19.0. The summed E-state index contributed by atoms with van der Waals surface area (Å²) in [7, 11) is 0. The third-order valence-corrected chi connectivity index (χ3v) is 4.02.